The molecule has 0 saturated carbocycles. The van der Waals surface area contributed by atoms with Crippen molar-refractivity contribution in [2.45, 2.75) is 39.7 Å². The molecule has 3 nitrogen and oxygen atoms in total. The van der Waals surface area contributed by atoms with Crippen LogP contribution in [0, 0.1) is 5.92 Å². The number of hydrogen-bond donors (Lipinski definition) is 1. The molecule has 0 rings (SSSR count). The van der Waals surface area contributed by atoms with Crippen LogP contribution in [0.25, 0.3) is 0 Å². The van der Waals surface area contributed by atoms with Gasteiger partial charge in [0.25, 0.3) is 0 Å². The van der Waals surface area contributed by atoms with E-state index in [1.54, 1.807) is 0 Å². The number of carbonyl (C=O) groups excluding carboxylic acids is 1. The lowest BCUT2D eigenvalue weighted by Gasteiger charge is -2.12. The van der Waals surface area contributed by atoms with E-state index in [0.29, 0.717) is 18.9 Å². The van der Waals surface area contributed by atoms with Crippen LogP contribution in [0.15, 0.2) is 0 Å². The van der Waals surface area contributed by atoms with Crippen LogP contribution in [0.4, 0.5) is 0 Å². The first-order chi connectivity index (χ1) is 5.57. The van der Waals surface area contributed by atoms with Gasteiger partial charge in [-0.2, -0.15) is 0 Å². The Morgan fingerprint density at radius 2 is 2.08 bits per heavy atom. The third-order valence-electron chi connectivity index (χ3n) is 1.70. The molecular formula is C9H19NO2. The minimum atomic E-state index is -0.399. The molecular weight excluding hydrogens is 154 g/mol. The van der Waals surface area contributed by atoms with E-state index in [9.17, 15) is 4.79 Å². The molecule has 0 aliphatic carbocycles. The smallest absolute Gasteiger partial charge is 0.246 e. The van der Waals surface area contributed by atoms with Crippen molar-refractivity contribution in [3.05, 3.63) is 0 Å². The van der Waals surface area contributed by atoms with Crippen LogP contribution in [-0.2, 0) is 9.53 Å². The Morgan fingerprint density at radius 1 is 1.50 bits per heavy atom. The maximum atomic E-state index is 10.7. The Bertz CT molecular complexity index is 134. The van der Waals surface area contributed by atoms with E-state index in [-0.39, 0.29) is 5.91 Å². The third kappa shape index (κ3) is 5.13. The Balaban J connectivity index is 3.52. The van der Waals surface area contributed by atoms with Gasteiger partial charge in [0, 0.05) is 6.61 Å². The summed E-state index contributed by atoms with van der Waals surface area (Å²) in [6.07, 6.45) is 1.24. The Labute approximate surface area is 74.3 Å². The molecule has 0 bridgehead atoms. The molecule has 0 aromatic carbocycles. The number of nitrogens with two attached hydrogens (primary N) is 1. The average molecular weight is 173 g/mol. The summed E-state index contributed by atoms with van der Waals surface area (Å²) >= 11 is 0. The lowest BCUT2D eigenvalue weighted by molar-refractivity contribution is -0.129. The Kier molecular flexibility index (Phi) is 5.72. The van der Waals surface area contributed by atoms with Gasteiger partial charge in [-0.25, -0.2) is 0 Å². The van der Waals surface area contributed by atoms with Gasteiger partial charge in [0.15, 0.2) is 0 Å². The summed E-state index contributed by atoms with van der Waals surface area (Å²) in [6, 6.07) is 0. The van der Waals surface area contributed by atoms with Crippen molar-refractivity contribution >= 4 is 5.91 Å². The maximum absolute atomic E-state index is 10.7. The molecule has 0 aliphatic heterocycles. The van der Waals surface area contributed by atoms with E-state index in [4.69, 9.17) is 10.5 Å². The second kappa shape index (κ2) is 6.00. The summed E-state index contributed by atoms with van der Waals surface area (Å²) in [4.78, 5) is 10.7. The zero-order valence-corrected chi connectivity index (χ0v) is 8.17. The van der Waals surface area contributed by atoms with E-state index >= 15 is 0 Å². The molecule has 2 N–H and O–H groups in total. The first kappa shape index (κ1) is 11.4. The zero-order chi connectivity index (χ0) is 9.56. The lowest BCUT2D eigenvalue weighted by atomic mass is 10.1. The second-order valence-corrected chi connectivity index (χ2v) is 3.35. The van der Waals surface area contributed by atoms with Gasteiger partial charge in [0.2, 0.25) is 5.91 Å². The Hall–Kier alpha value is -0.570. The highest BCUT2D eigenvalue weighted by Gasteiger charge is 2.12. The van der Waals surface area contributed by atoms with E-state index in [0.717, 1.165) is 6.42 Å². The summed E-state index contributed by atoms with van der Waals surface area (Å²) < 4.78 is 5.29. The fraction of sp³-hybridized carbons (Fsp3) is 0.889. The summed E-state index contributed by atoms with van der Waals surface area (Å²) in [6.45, 7) is 6.76. The van der Waals surface area contributed by atoms with Crippen molar-refractivity contribution in [3.8, 4) is 0 Å². The number of hydrogen-bond acceptors (Lipinski definition) is 2. The van der Waals surface area contributed by atoms with Crippen LogP contribution in [0.3, 0.4) is 0 Å². The van der Waals surface area contributed by atoms with Crippen molar-refractivity contribution in [1.82, 2.24) is 0 Å². The molecule has 0 spiro atoms. The van der Waals surface area contributed by atoms with Crippen LogP contribution in [-0.4, -0.2) is 18.6 Å². The molecule has 0 radical (unpaired) electrons. The van der Waals surface area contributed by atoms with E-state index in [1.165, 1.54) is 0 Å². The predicted octanol–water partition coefficient (Wildman–Crippen LogP) is 1.31. The summed E-state index contributed by atoms with van der Waals surface area (Å²) in [5, 5.41) is 0. The Morgan fingerprint density at radius 3 is 2.42 bits per heavy atom. The van der Waals surface area contributed by atoms with Crippen molar-refractivity contribution in [2.24, 2.45) is 11.7 Å². The standard InChI is InChI=1S/C9H19NO2/c1-4-8(9(10)11)12-6-5-7(2)3/h7-8H,4-6H2,1-3H3,(H2,10,11). The molecule has 12 heavy (non-hydrogen) atoms. The molecule has 1 unspecified atom stereocenters. The van der Waals surface area contributed by atoms with Crippen molar-refractivity contribution in [2.75, 3.05) is 6.61 Å². The zero-order valence-electron chi connectivity index (χ0n) is 8.17. The molecule has 1 atom stereocenters. The molecule has 1 amide bonds. The average Bonchev–Trinajstić information content (AvgIpc) is 1.96. The number of carbonyl (C=O) groups is 1. The summed E-state index contributed by atoms with van der Waals surface area (Å²) in [7, 11) is 0. The number of rotatable bonds is 6. The third-order valence-corrected chi connectivity index (χ3v) is 1.70. The first-order valence-corrected chi connectivity index (χ1v) is 4.48. The minimum Gasteiger partial charge on any atom is -0.368 e. The van der Waals surface area contributed by atoms with E-state index < -0.39 is 6.10 Å². The quantitative estimate of drug-likeness (QED) is 0.658. The molecule has 3 heteroatoms. The number of amides is 1. The van der Waals surface area contributed by atoms with Gasteiger partial charge in [-0.15, -0.1) is 0 Å². The summed E-state index contributed by atoms with van der Waals surface area (Å²) in [5.74, 6) is 0.247. The van der Waals surface area contributed by atoms with Gasteiger partial charge in [0.1, 0.15) is 6.10 Å². The summed E-state index contributed by atoms with van der Waals surface area (Å²) in [5.41, 5.74) is 5.10. The monoisotopic (exact) mass is 173 g/mol. The SMILES string of the molecule is CCC(OCCC(C)C)C(N)=O. The molecule has 72 valence electrons. The van der Waals surface area contributed by atoms with Crippen molar-refractivity contribution in [1.29, 1.82) is 0 Å². The molecule has 0 saturated heterocycles. The number of primary amides is 1. The van der Waals surface area contributed by atoms with Gasteiger partial charge in [-0.3, -0.25) is 4.79 Å². The highest BCUT2D eigenvalue weighted by Crippen LogP contribution is 2.03. The van der Waals surface area contributed by atoms with E-state index in [2.05, 4.69) is 13.8 Å². The van der Waals surface area contributed by atoms with Crippen LogP contribution in [0.2, 0.25) is 0 Å². The lowest BCUT2D eigenvalue weighted by Crippen LogP contribution is -2.30. The van der Waals surface area contributed by atoms with Gasteiger partial charge in [-0.1, -0.05) is 20.8 Å². The molecule has 0 aromatic rings. The minimum absolute atomic E-state index is 0.360. The van der Waals surface area contributed by atoms with Crippen LogP contribution < -0.4 is 5.73 Å². The van der Waals surface area contributed by atoms with Gasteiger partial charge < -0.3 is 10.5 Å². The molecule has 0 fully saturated rings. The normalized spacial score (nSPS) is 13.3. The fourth-order valence-electron chi connectivity index (χ4n) is 0.847. The molecule has 0 heterocycles. The topological polar surface area (TPSA) is 52.3 Å². The molecule has 0 aliphatic rings. The fourth-order valence-corrected chi connectivity index (χ4v) is 0.847. The van der Waals surface area contributed by atoms with Gasteiger partial charge in [0.05, 0.1) is 0 Å². The van der Waals surface area contributed by atoms with Crippen molar-refractivity contribution < 1.29 is 9.53 Å². The van der Waals surface area contributed by atoms with E-state index in [1.807, 2.05) is 6.92 Å². The highest BCUT2D eigenvalue weighted by molar-refractivity contribution is 5.78. The molecule has 0 aromatic heterocycles. The van der Waals surface area contributed by atoms with Crippen LogP contribution in [0.5, 0.6) is 0 Å². The number of ether oxygens (including phenoxy) is 1. The predicted molar refractivity (Wildman–Crippen MR) is 48.7 cm³/mol. The first-order valence-electron chi connectivity index (χ1n) is 4.48. The van der Waals surface area contributed by atoms with Crippen LogP contribution in [0.1, 0.15) is 33.6 Å². The van der Waals surface area contributed by atoms with Gasteiger partial charge >= 0.3 is 0 Å². The van der Waals surface area contributed by atoms with Gasteiger partial charge in [-0.05, 0) is 18.8 Å². The second-order valence-electron chi connectivity index (χ2n) is 3.35. The van der Waals surface area contributed by atoms with Crippen molar-refractivity contribution in [3.63, 3.8) is 0 Å². The highest BCUT2D eigenvalue weighted by atomic mass is 16.5. The largest absolute Gasteiger partial charge is 0.368 e. The maximum Gasteiger partial charge on any atom is 0.246 e. The van der Waals surface area contributed by atoms with Crippen LogP contribution >= 0.6 is 0 Å².